The second-order valence-electron chi connectivity index (χ2n) is 8.01. The molecule has 1 unspecified atom stereocenters. The third kappa shape index (κ3) is 5.53. The van der Waals surface area contributed by atoms with E-state index in [9.17, 15) is 4.21 Å². The molecule has 0 aliphatic rings. The number of hydrogen-bond donors (Lipinski definition) is 2. The van der Waals surface area contributed by atoms with Gasteiger partial charge in [0.25, 0.3) is 5.89 Å². The molecule has 9 nitrogen and oxygen atoms in total. The van der Waals surface area contributed by atoms with Gasteiger partial charge < -0.3 is 20.4 Å². The second-order valence-corrected chi connectivity index (χ2v) is 9.58. The van der Waals surface area contributed by atoms with Crippen LogP contribution in [-0.2, 0) is 17.3 Å². The molecule has 4 aromatic rings. The Morgan fingerprint density at radius 1 is 1.00 bits per heavy atom. The third-order valence-corrected chi connectivity index (χ3v) is 6.50. The molecule has 4 rings (SSSR count). The first-order valence-corrected chi connectivity index (χ1v) is 12.1. The minimum Gasteiger partial charge on any atom is -0.414 e. The number of benzene rings is 2. The lowest BCUT2D eigenvalue weighted by atomic mass is 10.1. The third-order valence-electron chi connectivity index (χ3n) is 5.15. The van der Waals surface area contributed by atoms with Gasteiger partial charge in [0.15, 0.2) is 11.5 Å². The maximum absolute atomic E-state index is 12.5. The summed E-state index contributed by atoms with van der Waals surface area (Å²) in [6.45, 7) is 1.54. The van der Waals surface area contributed by atoms with Crippen LogP contribution in [0.3, 0.4) is 0 Å². The first-order chi connectivity index (χ1) is 16.4. The molecule has 3 N–H and O–H groups in total. The van der Waals surface area contributed by atoms with E-state index in [1.54, 1.807) is 6.20 Å². The molecule has 0 amide bonds. The van der Waals surface area contributed by atoms with Crippen LogP contribution in [0.25, 0.3) is 34.3 Å². The number of aromatic nitrogens is 4. The summed E-state index contributed by atoms with van der Waals surface area (Å²) in [7, 11) is 4.77. The van der Waals surface area contributed by atoms with Crippen LogP contribution in [0, 0.1) is 0 Å². The van der Waals surface area contributed by atoms with Crippen molar-refractivity contribution < 1.29 is 8.63 Å². The van der Waals surface area contributed by atoms with E-state index < -0.39 is 10.8 Å². The van der Waals surface area contributed by atoms with Crippen LogP contribution in [0.4, 0.5) is 5.82 Å². The van der Waals surface area contributed by atoms with Gasteiger partial charge in [0.2, 0.25) is 5.89 Å². The van der Waals surface area contributed by atoms with Gasteiger partial charge in [-0.05, 0) is 51.0 Å². The standard InChI is InChI=1S/C24H27N7O2S/c1-26-14-16-4-6-18(7-5-16)23-29-30-24(33-23)21-22(25)27-15-20(28-21)17-8-10-19(11-9-17)34(32)13-12-31(2)3/h4-11,15,26H,12-14H2,1-3H3,(H2,25,27). The van der Waals surface area contributed by atoms with Gasteiger partial charge in [-0.1, -0.05) is 24.3 Å². The Morgan fingerprint density at radius 2 is 1.68 bits per heavy atom. The molecular formula is C24H27N7O2S. The molecule has 0 aliphatic heterocycles. The quantitative estimate of drug-likeness (QED) is 0.374. The SMILES string of the molecule is CNCc1ccc(-c2nnc(-c3nc(-c4ccc(S(=O)CCN(C)C)cc4)cnc3N)o2)cc1. The van der Waals surface area contributed by atoms with Crippen molar-refractivity contribution in [2.45, 2.75) is 11.4 Å². The lowest BCUT2D eigenvalue weighted by molar-refractivity contribution is 0.435. The van der Waals surface area contributed by atoms with Crippen LogP contribution in [0.5, 0.6) is 0 Å². The van der Waals surface area contributed by atoms with Gasteiger partial charge >= 0.3 is 0 Å². The molecule has 0 radical (unpaired) electrons. The molecule has 176 valence electrons. The first-order valence-electron chi connectivity index (χ1n) is 10.8. The molecule has 1 atom stereocenters. The average molecular weight is 478 g/mol. The lowest BCUT2D eigenvalue weighted by Gasteiger charge is -2.09. The highest BCUT2D eigenvalue weighted by molar-refractivity contribution is 7.85. The van der Waals surface area contributed by atoms with E-state index in [4.69, 9.17) is 10.2 Å². The maximum atomic E-state index is 12.5. The van der Waals surface area contributed by atoms with Crippen molar-refractivity contribution in [2.75, 3.05) is 39.2 Å². The van der Waals surface area contributed by atoms with Crippen LogP contribution < -0.4 is 11.1 Å². The second kappa shape index (κ2) is 10.6. The smallest absolute Gasteiger partial charge is 0.270 e. The van der Waals surface area contributed by atoms with Gasteiger partial charge in [0, 0.05) is 34.9 Å². The number of hydrogen-bond acceptors (Lipinski definition) is 9. The fourth-order valence-electron chi connectivity index (χ4n) is 3.26. The van der Waals surface area contributed by atoms with Crippen molar-refractivity contribution in [3.05, 3.63) is 60.3 Å². The fourth-order valence-corrected chi connectivity index (χ4v) is 4.47. The zero-order valence-corrected chi connectivity index (χ0v) is 20.2. The van der Waals surface area contributed by atoms with Crippen molar-refractivity contribution in [1.29, 1.82) is 0 Å². The lowest BCUT2D eigenvalue weighted by Crippen LogP contribution is -2.18. The van der Waals surface area contributed by atoms with Crippen LogP contribution >= 0.6 is 0 Å². The predicted molar refractivity (Wildman–Crippen MR) is 133 cm³/mol. The summed E-state index contributed by atoms with van der Waals surface area (Å²) in [5, 5.41) is 11.4. The zero-order chi connectivity index (χ0) is 24.1. The number of nitrogens with two attached hydrogens (primary N) is 1. The van der Waals surface area contributed by atoms with Crippen LogP contribution in [0.1, 0.15) is 5.56 Å². The summed E-state index contributed by atoms with van der Waals surface area (Å²) in [6.07, 6.45) is 1.59. The summed E-state index contributed by atoms with van der Waals surface area (Å²) in [5.41, 5.74) is 9.77. The number of rotatable bonds is 9. The number of nitrogens with zero attached hydrogens (tertiary/aromatic N) is 5. The molecule has 0 aliphatic carbocycles. The molecule has 34 heavy (non-hydrogen) atoms. The van der Waals surface area contributed by atoms with Crippen molar-refractivity contribution >= 4 is 16.6 Å². The number of nitrogen functional groups attached to an aromatic ring is 1. The summed E-state index contributed by atoms with van der Waals surface area (Å²) in [5.74, 6) is 1.35. The predicted octanol–water partition coefficient (Wildman–Crippen LogP) is 2.83. The van der Waals surface area contributed by atoms with E-state index in [0.717, 1.165) is 34.7 Å². The summed E-state index contributed by atoms with van der Waals surface area (Å²) in [6, 6.07) is 15.3. The molecule has 0 fully saturated rings. The zero-order valence-electron chi connectivity index (χ0n) is 19.4. The minimum absolute atomic E-state index is 0.197. The molecule has 2 heterocycles. The van der Waals surface area contributed by atoms with E-state index >= 15 is 0 Å². The van der Waals surface area contributed by atoms with Gasteiger partial charge in [-0.25, -0.2) is 9.97 Å². The van der Waals surface area contributed by atoms with E-state index in [-0.39, 0.29) is 11.7 Å². The average Bonchev–Trinajstić information content (AvgIpc) is 3.34. The Hall–Kier alpha value is -3.47. The molecular weight excluding hydrogens is 450 g/mol. The van der Waals surface area contributed by atoms with E-state index in [2.05, 4.69) is 25.5 Å². The molecule has 0 saturated carbocycles. The van der Waals surface area contributed by atoms with Gasteiger partial charge in [-0.2, -0.15) is 0 Å². The largest absolute Gasteiger partial charge is 0.414 e. The van der Waals surface area contributed by atoms with E-state index in [0.29, 0.717) is 23.0 Å². The number of anilines is 1. The van der Waals surface area contributed by atoms with Crippen molar-refractivity contribution in [2.24, 2.45) is 0 Å². The normalized spacial score (nSPS) is 12.2. The topological polar surface area (TPSA) is 123 Å². The molecule has 0 bridgehead atoms. The summed E-state index contributed by atoms with van der Waals surface area (Å²) < 4.78 is 18.3. The first kappa shape index (κ1) is 23.7. The fraction of sp³-hybridized carbons (Fsp3) is 0.250. The molecule has 2 aromatic heterocycles. The van der Waals surface area contributed by atoms with Crippen molar-refractivity contribution in [1.82, 2.24) is 30.4 Å². The minimum atomic E-state index is -1.06. The molecule has 0 spiro atoms. The van der Waals surface area contributed by atoms with Crippen LogP contribution in [0.2, 0.25) is 0 Å². The Bertz CT molecular complexity index is 1270. The highest BCUT2D eigenvalue weighted by Gasteiger charge is 2.17. The molecule has 0 saturated heterocycles. The Morgan fingerprint density at radius 3 is 2.35 bits per heavy atom. The number of nitrogens with one attached hydrogen (secondary N) is 1. The van der Waals surface area contributed by atoms with Crippen molar-refractivity contribution in [3.63, 3.8) is 0 Å². The Labute approximate surface area is 200 Å². The van der Waals surface area contributed by atoms with Crippen LogP contribution in [-0.4, -0.2) is 62.7 Å². The van der Waals surface area contributed by atoms with Gasteiger partial charge in [0.05, 0.1) is 22.7 Å². The maximum Gasteiger partial charge on any atom is 0.270 e. The monoisotopic (exact) mass is 477 g/mol. The van der Waals surface area contributed by atoms with Gasteiger partial charge in [-0.15, -0.1) is 10.2 Å². The van der Waals surface area contributed by atoms with Crippen molar-refractivity contribution in [3.8, 4) is 34.3 Å². The van der Waals surface area contributed by atoms with E-state index in [1.165, 1.54) is 0 Å². The Kier molecular flexibility index (Phi) is 7.41. The van der Waals surface area contributed by atoms with E-state index in [1.807, 2.05) is 74.6 Å². The Balaban J connectivity index is 1.55. The molecule has 2 aromatic carbocycles. The molecule has 10 heteroatoms. The summed E-state index contributed by atoms with van der Waals surface area (Å²) in [4.78, 5) is 11.7. The summed E-state index contributed by atoms with van der Waals surface area (Å²) >= 11 is 0. The highest BCUT2D eigenvalue weighted by Crippen LogP contribution is 2.28. The highest BCUT2D eigenvalue weighted by atomic mass is 32.2. The van der Waals surface area contributed by atoms with Gasteiger partial charge in [-0.3, -0.25) is 4.21 Å². The van der Waals surface area contributed by atoms with Crippen LogP contribution in [0.15, 0.2) is 64.0 Å². The van der Waals surface area contributed by atoms with Gasteiger partial charge in [0.1, 0.15) is 0 Å².